The third kappa shape index (κ3) is 3.64. The molecule has 16 heavy (non-hydrogen) atoms. The number of morpholine rings is 1. The lowest BCUT2D eigenvalue weighted by molar-refractivity contribution is -0.120. The molecule has 0 radical (unpaired) electrons. The van der Waals surface area contributed by atoms with Gasteiger partial charge in [0.1, 0.15) is 11.2 Å². The maximum absolute atomic E-state index is 11.8. The van der Waals surface area contributed by atoms with Crippen LogP contribution in [0.5, 0.6) is 0 Å². The molecule has 1 atom stereocenters. The van der Waals surface area contributed by atoms with Crippen molar-refractivity contribution in [2.24, 2.45) is 0 Å². The maximum atomic E-state index is 11.8. The van der Waals surface area contributed by atoms with Crippen LogP contribution in [0.4, 0.5) is 4.79 Å². The number of amides is 1. The number of hydrogen-bond donors (Lipinski definition) is 1. The van der Waals surface area contributed by atoms with Gasteiger partial charge in [-0.1, -0.05) is 0 Å². The summed E-state index contributed by atoms with van der Waals surface area (Å²) in [5, 5.41) is 9.18. The first-order valence-corrected chi connectivity index (χ1v) is 5.48. The van der Waals surface area contributed by atoms with Crippen LogP contribution in [0.25, 0.3) is 0 Å². The molecule has 1 aliphatic heterocycles. The Bertz CT molecular complexity index is 261. The van der Waals surface area contributed by atoms with Crippen LogP contribution in [0.1, 0.15) is 27.7 Å². The SMILES string of the molecule is CC(C)(C)OC(=O)N1CCOC(C)(CO)C1. The lowest BCUT2D eigenvalue weighted by atomic mass is 10.1. The van der Waals surface area contributed by atoms with Gasteiger partial charge in [-0.3, -0.25) is 0 Å². The fourth-order valence-corrected chi connectivity index (χ4v) is 1.51. The van der Waals surface area contributed by atoms with E-state index in [1.54, 1.807) is 11.8 Å². The average Bonchev–Trinajstić information content (AvgIpc) is 2.15. The molecule has 0 aliphatic carbocycles. The highest BCUT2D eigenvalue weighted by atomic mass is 16.6. The van der Waals surface area contributed by atoms with Gasteiger partial charge in [0.05, 0.1) is 19.8 Å². The minimum Gasteiger partial charge on any atom is -0.444 e. The molecule has 1 amide bonds. The van der Waals surface area contributed by atoms with E-state index in [0.29, 0.717) is 19.7 Å². The maximum Gasteiger partial charge on any atom is 0.410 e. The van der Waals surface area contributed by atoms with Gasteiger partial charge in [-0.2, -0.15) is 0 Å². The van der Waals surface area contributed by atoms with E-state index in [2.05, 4.69) is 0 Å². The van der Waals surface area contributed by atoms with Gasteiger partial charge in [-0.05, 0) is 27.7 Å². The minimum absolute atomic E-state index is 0.105. The molecule has 0 aromatic heterocycles. The predicted octanol–water partition coefficient (Wildman–Crippen LogP) is 1.00. The lowest BCUT2D eigenvalue weighted by Crippen LogP contribution is -2.54. The summed E-state index contributed by atoms with van der Waals surface area (Å²) in [4.78, 5) is 13.4. The van der Waals surface area contributed by atoms with Crippen LogP contribution in [0.2, 0.25) is 0 Å². The number of carbonyl (C=O) groups excluding carboxylic acids is 1. The number of hydrogen-bond acceptors (Lipinski definition) is 4. The van der Waals surface area contributed by atoms with E-state index in [1.807, 2.05) is 20.8 Å². The first-order valence-electron chi connectivity index (χ1n) is 5.48. The summed E-state index contributed by atoms with van der Waals surface area (Å²) >= 11 is 0. The van der Waals surface area contributed by atoms with Crippen molar-refractivity contribution < 1.29 is 19.4 Å². The molecule has 0 bridgehead atoms. The first-order chi connectivity index (χ1) is 7.26. The largest absolute Gasteiger partial charge is 0.444 e. The van der Waals surface area contributed by atoms with Gasteiger partial charge in [0.25, 0.3) is 0 Å². The predicted molar refractivity (Wildman–Crippen MR) is 59.2 cm³/mol. The highest BCUT2D eigenvalue weighted by Gasteiger charge is 2.35. The number of aliphatic hydroxyl groups is 1. The lowest BCUT2D eigenvalue weighted by Gasteiger charge is -2.39. The molecule has 5 nitrogen and oxygen atoms in total. The third-order valence-corrected chi connectivity index (χ3v) is 2.32. The van der Waals surface area contributed by atoms with Crippen molar-refractivity contribution in [3.05, 3.63) is 0 Å². The van der Waals surface area contributed by atoms with Crippen LogP contribution >= 0.6 is 0 Å². The standard InChI is InChI=1S/C11H21NO4/c1-10(2,3)16-9(14)12-5-6-15-11(4,7-12)8-13/h13H,5-8H2,1-4H3. The Morgan fingerprint density at radius 2 is 2.19 bits per heavy atom. The molecule has 94 valence electrons. The van der Waals surface area contributed by atoms with Gasteiger partial charge in [0.2, 0.25) is 0 Å². The van der Waals surface area contributed by atoms with Crippen LogP contribution < -0.4 is 0 Å². The van der Waals surface area contributed by atoms with E-state index in [-0.39, 0.29) is 12.7 Å². The summed E-state index contributed by atoms with van der Waals surface area (Å²) in [5.41, 5.74) is -1.17. The van der Waals surface area contributed by atoms with Crippen molar-refractivity contribution in [1.29, 1.82) is 0 Å². The minimum atomic E-state index is -0.671. The average molecular weight is 231 g/mol. The van der Waals surface area contributed by atoms with E-state index < -0.39 is 11.2 Å². The zero-order valence-corrected chi connectivity index (χ0v) is 10.4. The highest BCUT2D eigenvalue weighted by molar-refractivity contribution is 5.68. The second-order valence-electron chi connectivity index (χ2n) is 5.36. The smallest absolute Gasteiger partial charge is 0.410 e. The van der Waals surface area contributed by atoms with Crippen LogP contribution in [0.15, 0.2) is 0 Å². The van der Waals surface area contributed by atoms with Crippen LogP contribution in [0.3, 0.4) is 0 Å². The van der Waals surface area contributed by atoms with Crippen LogP contribution in [-0.4, -0.2) is 53.6 Å². The molecule has 1 aliphatic rings. The second-order valence-corrected chi connectivity index (χ2v) is 5.36. The molecular weight excluding hydrogens is 210 g/mol. The third-order valence-electron chi connectivity index (χ3n) is 2.32. The van der Waals surface area contributed by atoms with E-state index in [4.69, 9.17) is 9.47 Å². The monoisotopic (exact) mass is 231 g/mol. The van der Waals surface area contributed by atoms with E-state index >= 15 is 0 Å². The number of nitrogens with zero attached hydrogens (tertiary/aromatic N) is 1. The van der Waals surface area contributed by atoms with Gasteiger partial charge in [-0.25, -0.2) is 4.79 Å². The van der Waals surface area contributed by atoms with Crippen molar-refractivity contribution in [2.75, 3.05) is 26.3 Å². The summed E-state index contributed by atoms with van der Waals surface area (Å²) in [7, 11) is 0. The van der Waals surface area contributed by atoms with Gasteiger partial charge < -0.3 is 19.5 Å². The molecule has 0 spiro atoms. The number of aliphatic hydroxyl groups excluding tert-OH is 1. The topological polar surface area (TPSA) is 59.0 Å². The fourth-order valence-electron chi connectivity index (χ4n) is 1.51. The normalized spacial score (nSPS) is 26.7. The molecule has 1 N–H and O–H groups in total. The van der Waals surface area contributed by atoms with Crippen molar-refractivity contribution in [2.45, 2.75) is 38.9 Å². The van der Waals surface area contributed by atoms with Gasteiger partial charge in [0.15, 0.2) is 0 Å². The Hall–Kier alpha value is -0.810. The van der Waals surface area contributed by atoms with E-state index in [9.17, 15) is 9.90 Å². The highest BCUT2D eigenvalue weighted by Crippen LogP contribution is 2.19. The molecular formula is C11H21NO4. The summed E-state index contributed by atoms with van der Waals surface area (Å²) < 4.78 is 10.7. The zero-order chi connectivity index (χ0) is 12.4. The van der Waals surface area contributed by atoms with Crippen molar-refractivity contribution in [3.63, 3.8) is 0 Å². The zero-order valence-electron chi connectivity index (χ0n) is 10.4. The Labute approximate surface area is 96.3 Å². The molecule has 1 saturated heterocycles. The molecule has 0 saturated carbocycles. The Morgan fingerprint density at radius 1 is 1.56 bits per heavy atom. The Kier molecular flexibility index (Phi) is 3.80. The summed E-state index contributed by atoms with van der Waals surface area (Å²) in [5.74, 6) is 0. The van der Waals surface area contributed by atoms with Crippen molar-refractivity contribution in [3.8, 4) is 0 Å². The molecule has 1 heterocycles. The van der Waals surface area contributed by atoms with Gasteiger partial charge >= 0.3 is 6.09 Å². The Balaban J connectivity index is 2.57. The number of ether oxygens (including phenoxy) is 2. The number of rotatable bonds is 1. The van der Waals surface area contributed by atoms with Crippen LogP contribution in [0, 0.1) is 0 Å². The van der Waals surface area contributed by atoms with Gasteiger partial charge in [0, 0.05) is 6.54 Å². The molecule has 1 rings (SSSR count). The van der Waals surface area contributed by atoms with E-state index in [1.165, 1.54) is 0 Å². The molecule has 1 unspecified atom stereocenters. The molecule has 0 aromatic carbocycles. The van der Waals surface area contributed by atoms with Crippen LogP contribution in [-0.2, 0) is 9.47 Å². The number of carbonyl (C=O) groups is 1. The fraction of sp³-hybridized carbons (Fsp3) is 0.909. The van der Waals surface area contributed by atoms with E-state index in [0.717, 1.165) is 0 Å². The van der Waals surface area contributed by atoms with Gasteiger partial charge in [-0.15, -0.1) is 0 Å². The summed E-state index contributed by atoms with van der Waals surface area (Å²) in [6, 6.07) is 0. The van der Waals surface area contributed by atoms with Crippen molar-refractivity contribution >= 4 is 6.09 Å². The Morgan fingerprint density at radius 3 is 2.69 bits per heavy atom. The second kappa shape index (κ2) is 4.59. The van der Waals surface area contributed by atoms with Crippen molar-refractivity contribution in [1.82, 2.24) is 4.90 Å². The quantitative estimate of drug-likeness (QED) is 0.731. The first kappa shape index (κ1) is 13.3. The molecule has 5 heteroatoms. The summed E-state index contributed by atoms with van der Waals surface area (Å²) in [6.45, 7) is 8.46. The summed E-state index contributed by atoms with van der Waals surface area (Å²) in [6.07, 6.45) is -0.351. The molecule has 1 fully saturated rings. The molecule has 0 aromatic rings.